The molecule has 1 unspecified atom stereocenters. The quantitative estimate of drug-likeness (QED) is 0.726. The number of carbonyl (C=O) groups is 1. The topological polar surface area (TPSA) is 41.5 Å². The fraction of sp³-hybridized carbons (Fsp3) is 0.429. The number of hydrogen-bond acceptors (Lipinski definition) is 2. The van der Waals surface area contributed by atoms with E-state index in [0.717, 1.165) is 25.0 Å². The number of amides is 1. The van der Waals surface area contributed by atoms with Gasteiger partial charge in [0.25, 0.3) is 0 Å². The van der Waals surface area contributed by atoms with Gasteiger partial charge in [-0.25, -0.2) is 5.43 Å². The molecule has 0 saturated heterocycles. The summed E-state index contributed by atoms with van der Waals surface area (Å²) in [4.78, 5) is 11.4. The fourth-order valence-corrected chi connectivity index (χ4v) is 2.78. The molecule has 0 saturated carbocycles. The molecule has 0 aromatic heterocycles. The third-order valence-corrected chi connectivity index (χ3v) is 3.66. The lowest BCUT2D eigenvalue weighted by Crippen LogP contribution is -2.33. The SMILES string of the molecule is Cc1ccc2c(c1)C1=NNC(=O)CC1CCC2. The fourth-order valence-electron chi connectivity index (χ4n) is 2.78. The van der Waals surface area contributed by atoms with Crippen LogP contribution in [0.25, 0.3) is 0 Å². The lowest BCUT2D eigenvalue weighted by Gasteiger charge is -2.21. The molecule has 1 aromatic rings. The normalized spacial score (nSPS) is 23.0. The number of hydrazone groups is 1. The first-order valence-corrected chi connectivity index (χ1v) is 6.20. The number of rotatable bonds is 0. The molecular formula is C14H16N2O. The molecular weight excluding hydrogens is 212 g/mol. The highest BCUT2D eigenvalue weighted by Crippen LogP contribution is 2.29. The van der Waals surface area contributed by atoms with Crippen molar-refractivity contribution in [2.75, 3.05) is 0 Å². The molecule has 1 atom stereocenters. The van der Waals surface area contributed by atoms with Crippen LogP contribution in [0.2, 0.25) is 0 Å². The minimum absolute atomic E-state index is 0.0508. The van der Waals surface area contributed by atoms with E-state index in [2.05, 4.69) is 35.7 Å². The van der Waals surface area contributed by atoms with Crippen molar-refractivity contribution in [2.24, 2.45) is 11.0 Å². The predicted molar refractivity (Wildman–Crippen MR) is 66.9 cm³/mol. The molecule has 88 valence electrons. The highest BCUT2D eigenvalue weighted by atomic mass is 16.2. The molecule has 1 aromatic carbocycles. The summed E-state index contributed by atoms with van der Waals surface area (Å²) in [7, 11) is 0. The second kappa shape index (κ2) is 3.99. The van der Waals surface area contributed by atoms with Gasteiger partial charge in [-0.05, 0) is 37.8 Å². The Morgan fingerprint density at radius 2 is 2.29 bits per heavy atom. The van der Waals surface area contributed by atoms with Crippen LogP contribution in [0, 0.1) is 12.8 Å². The van der Waals surface area contributed by atoms with E-state index in [1.54, 1.807) is 0 Å². The Morgan fingerprint density at radius 1 is 1.41 bits per heavy atom. The van der Waals surface area contributed by atoms with E-state index in [1.807, 2.05) is 0 Å². The van der Waals surface area contributed by atoms with E-state index < -0.39 is 0 Å². The third-order valence-electron chi connectivity index (χ3n) is 3.66. The van der Waals surface area contributed by atoms with Crippen LogP contribution in [0.15, 0.2) is 23.3 Å². The van der Waals surface area contributed by atoms with Gasteiger partial charge >= 0.3 is 0 Å². The molecule has 0 bridgehead atoms. The number of nitrogens with one attached hydrogen (secondary N) is 1. The largest absolute Gasteiger partial charge is 0.273 e. The lowest BCUT2D eigenvalue weighted by atomic mass is 9.90. The minimum Gasteiger partial charge on any atom is -0.273 e. The molecule has 1 heterocycles. The first kappa shape index (κ1) is 10.5. The van der Waals surface area contributed by atoms with Gasteiger partial charge in [0.05, 0.1) is 5.71 Å². The monoisotopic (exact) mass is 228 g/mol. The number of carbonyl (C=O) groups excluding carboxylic acids is 1. The molecule has 0 spiro atoms. The first-order valence-electron chi connectivity index (χ1n) is 6.20. The summed E-state index contributed by atoms with van der Waals surface area (Å²) in [5, 5.41) is 4.29. The number of benzene rings is 1. The van der Waals surface area contributed by atoms with Crippen molar-refractivity contribution in [3.63, 3.8) is 0 Å². The Labute approximate surface area is 101 Å². The van der Waals surface area contributed by atoms with E-state index in [0.29, 0.717) is 12.3 Å². The zero-order valence-electron chi connectivity index (χ0n) is 9.99. The highest BCUT2D eigenvalue weighted by molar-refractivity contribution is 6.07. The van der Waals surface area contributed by atoms with Crippen molar-refractivity contribution in [3.8, 4) is 0 Å². The van der Waals surface area contributed by atoms with Gasteiger partial charge in [-0.2, -0.15) is 5.10 Å². The Kier molecular flexibility index (Phi) is 2.46. The molecule has 1 aliphatic carbocycles. The van der Waals surface area contributed by atoms with Gasteiger partial charge in [0.15, 0.2) is 0 Å². The van der Waals surface area contributed by atoms with Crippen LogP contribution in [-0.2, 0) is 11.2 Å². The summed E-state index contributed by atoms with van der Waals surface area (Å²) >= 11 is 0. The van der Waals surface area contributed by atoms with Gasteiger partial charge < -0.3 is 0 Å². The molecule has 3 rings (SSSR count). The molecule has 3 heteroatoms. The van der Waals surface area contributed by atoms with Gasteiger partial charge in [0, 0.05) is 17.9 Å². The van der Waals surface area contributed by atoms with Crippen molar-refractivity contribution >= 4 is 11.6 Å². The summed E-state index contributed by atoms with van der Waals surface area (Å²) in [5.74, 6) is 0.363. The van der Waals surface area contributed by atoms with Gasteiger partial charge in [-0.15, -0.1) is 0 Å². The maximum atomic E-state index is 11.4. The second-order valence-electron chi connectivity index (χ2n) is 4.99. The summed E-state index contributed by atoms with van der Waals surface area (Å²) < 4.78 is 0. The molecule has 2 aliphatic rings. The standard InChI is InChI=1S/C14H16N2O/c1-9-5-6-10-3-2-4-11-8-13(17)15-16-14(11)12(10)7-9/h5-7,11H,2-4,8H2,1H3,(H,15,17). The van der Waals surface area contributed by atoms with Crippen molar-refractivity contribution in [2.45, 2.75) is 32.6 Å². The summed E-state index contributed by atoms with van der Waals surface area (Å²) in [5.41, 5.74) is 7.57. The van der Waals surface area contributed by atoms with Crippen LogP contribution in [0.3, 0.4) is 0 Å². The summed E-state index contributed by atoms with van der Waals surface area (Å²) in [6.07, 6.45) is 3.90. The zero-order valence-corrected chi connectivity index (χ0v) is 9.99. The molecule has 17 heavy (non-hydrogen) atoms. The molecule has 3 nitrogen and oxygen atoms in total. The maximum Gasteiger partial charge on any atom is 0.240 e. The van der Waals surface area contributed by atoms with Crippen LogP contribution in [0.1, 0.15) is 36.0 Å². The maximum absolute atomic E-state index is 11.4. The molecule has 1 N–H and O–H groups in total. The predicted octanol–water partition coefficient (Wildman–Crippen LogP) is 2.17. The second-order valence-corrected chi connectivity index (χ2v) is 4.99. The van der Waals surface area contributed by atoms with Crippen LogP contribution in [0.5, 0.6) is 0 Å². The van der Waals surface area contributed by atoms with E-state index >= 15 is 0 Å². The van der Waals surface area contributed by atoms with Crippen LogP contribution < -0.4 is 5.43 Å². The van der Waals surface area contributed by atoms with Crippen molar-refractivity contribution in [1.29, 1.82) is 0 Å². The summed E-state index contributed by atoms with van der Waals surface area (Å²) in [6.45, 7) is 2.10. The zero-order chi connectivity index (χ0) is 11.8. The van der Waals surface area contributed by atoms with E-state index in [9.17, 15) is 4.79 Å². The van der Waals surface area contributed by atoms with Crippen LogP contribution in [-0.4, -0.2) is 11.6 Å². The average molecular weight is 228 g/mol. The van der Waals surface area contributed by atoms with Gasteiger partial charge in [0.1, 0.15) is 0 Å². The molecule has 0 radical (unpaired) electrons. The van der Waals surface area contributed by atoms with Crippen molar-refractivity contribution in [1.82, 2.24) is 5.43 Å². The average Bonchev–Trinajstić information content (AvgIpc) is 2.47. The van der Waals surface area contributed by atoms with Gasteiger partial charge in [-0.1, -0.05) is 17.7 Å². The number of aryl methyl sites for hydroxylation is 2. The van der Waals surface area contributed by atoms with E-state index in [4.69, 9.17) is 0 Å². The van der Waals surface area contributed by atoms with Gasteiger partial charge in [-0.3, -0.25) is 4.79 Å². The highest BCUT2D eigenvalue weighted by Gasteiger charge is 2.28. The van der Waals surface area contributed by atoms with Crippen molar-refractivity contribution < 1.29 is 4.79 Å². The van der Waals surface area contributed by atoms with Crippen molar-refractivity contribution in [3.05, 3.63) is 34.9 Å². The summed E-state index contributed by atoms with van der Waals surface area (Å²) in [6, 6.07) is 6.55. The van der Waals surface area contributed by atoms with E-state index in [1.165, 1.54) is 16.7 Å². The Hall–Kier alpha value is -1.64. The number of hydrogen-bond donors (Lipinski definition) is 1. The Morgan fingerprint density at radius 3 is 3.18 bits per heavy atom. The van der Waals surface area contributed by atoms with E-state index in [-0.39, 0.29) is 5.91 Å². The van der Waals surface area contributed by atoms with Crippen LogP contribution in [0.4, 0.5) is 0 Å². The first-order chi connectivity index (χ1) is 8.24. The van der Waals surface area contributed by atoms with Gasteiger partial charge in [0.2, 0.25) is 5.91 Å². The molecule has 1 amide bonds. The molecule has 1 aliphatic heterocycles. The number of fused-ring (bicyclic) bond motifs is 3. The van der Waals surface area contributed by atoms with Crippen LogP contribution >= 0.6 is 0 Å². The minimum atomic E-state index is 0.0508. The lowest BCUT2D eigenvalue weighted by molar-refractivity contribution is -0.122. The number of nitrogens with zero attached hydrogens (tertiary/aromatic N) is 1. The Balaban J connectivity index is 2.11. The molecule has 0 fully saturated rings. The third kappa shape index (κ3) is 1.86. The smallest absolute Gasteiger partial charge is 0.240 e. The Bertz CT molecular complexity index is 505.